The summed E-state index contributed by atoms with van der Waals surface area (Å²) >= 11 is -2.54. The molecule has 0 saturated heterocycles. The number of benzene rings is 3. The number of carbonyl (C=O) groups is 1. The van der Waals surface area contributed by atoms with E-state index in [-0.39, 0.29) is 48.2 Å². The third-order valence-corrected chi connectivity index (χ3v) is 10.9. The number of hydrogen-bond donors (Lipinski definition) is 1. The van der Waals surface area contributed by atoms with Gasteiger partial charge in [0, 0.05) is 26.2 Å². The van der Waals surface area contributed by atoms with E-state index in [2.05, 4.69) is 31.8 Å². The molecule has 0 aliphatic rings. The molecule has 1 N–H and O–H groups in total. The van der Waals surface area contributed by atoms with Crippen molar-refractivity contribution < 1.29 is 47.6 Å². The van der Waals surface area contributed by atoms with Crippen LogP contribution in [0.2, 0.25) is 17.3 Å². The summed E-state index contributed by atoms with van der Waals surface area (Å²) < 4.78 is 58.0. The zero-order valence-electron chi connectivity index (χ0n) is 25.5. The normalized spacial score (nSPS) is 12.3. The first-order valence-electron chi connectivity index (χ1n) is 13.5. The van der Waals surface area contributed by atoms with E-state index in [1.165, 1.54) is 38.1 Å². The molecule has 0 bridgehead atoms. The van der Waals surface area contributed by atoms with Crippen molar-refractivity contribution in [3.8, 4) is 22.4 Å². The third kappa shape index (κ3) is 9.34. The number of allylic oxidation sites excluding steroid dienone is 2. The van der Waals surface area contributed by atoms with Crippen LogP contribution in [-0.2, 0) is 36.5 Å². The number of pyridine rings is 1. The van der Waals surface area contributed by atoms with Gasteiger partial charge in [0.1, 0.15) is 0 Å². The third-order valence-electron chi connectivity index (χ3n) is 6.61. The molecule has 1 radical (unpaired) electrons. The smallest absolute Gasteiger partial charge is 0 e. The molecule has 43 heavy (non-hydrogen) atoms. The van der Waals surface area contributed by atoms with Gasteiger partial charge in [-0.05, 0) is 13.8 Å². The minimum Gasteiger partial charge on any atom is 0 e. The average Bonchev–Trinajstić information content (AvgIpc) is 2.86. The monoisotopic (exact) mass is 833 g/mol. The van der Waals surface area contributed by atoms with Crippen molar-refractivity contribution in [2.45, 2.75) is 63.5 Å². The maximum Gasteiger partial charge on any atom is 0 e. The zero-order valence-corrected chi connectivity index (χ0v) is 30.0. The van der Waals surface area contributed by atoms with Gasteiger partial charge in [0.25, 0.3) is 0 Å². The molecule has 3 aromatic carbocycles. The number of aliphatic hydroxyl groups is 1. The number of aliphatic hydroxyl groups excluding tert-OH is 1. The first kappa shape index (κ1) is 36.4. The van der Waals surface area contributed by atoms with Crippen molar-refractivity contribution >= 4 is 34.2 Å². The first-order chi connectivity index (χ1) is 19.3. The van der Waals surface area contributed by atoms with Crippen molar-refractivity contribution in [3.05, 3.63) is 95.6 Å². The fraction of sp³-hybridized carbons (Fsp3) is 0.294. The Morgan fingerprint density at radius 1 is 0.930 bits per heavy atom. The molecule has 0 saturated carbocycles. The number of fused-ring (bicyclic) bond motifs is 1. The van der Waals surface area contributed by atoms with Crippen LogP contribution in [0.25, 0.3) is 33.2 Å². The van der Waals surface area contributed by atoms with E-state index < -0.39 is 30.8 Å². The van der Waals surface area contributed by atoms with Crippen LogP contribution in [0.5, 0.6) is 0 Å². The molecule has 0 spiro atoms. The largest absolute Gasteiger partial charge is 0 e. The molecule has 0 unspecified atom stereocenters. The summed E-state index contributed by atoms with van der Waals surface area (Å²) in [5.74, 6) is 5.24. The predicted molar refractivity (Wildman–Crippen MR) is 165 cm³/mol. The van der Waals surface area contributed by atoms with E-state index in [1.54, 1.807) is 6.07 Å². The van der Waals surface area contributed by atoms with Crippen LogP contribution < -0.4 is 4.40 Å². The van der Waals surface area contributed by atoms with E-state index in [4.69, 9.17) is 5.11 Å². The summed E-state index contributed by atoms with van der Waals surface area (Å²) in [7, 11) is 0. The summed E-state index contributed by atoms with van der Waals surface area (Å²) in [6.07, 6.45) is -2.44. The molecule has 9 heteroatoms. The zero-order chi connectivity index (χ0) is 31.6. The number of hydrogen-bond acceptors (Lipinski definition) is 3. The summed E-state index contributed by atoms with van der Waals surface area (Å²) in [6.45, 7) is 9.14. The maximum atomic E-state index is 15.0. The van der Waals surface area contributed by atoms with Crippen molar-refractivity contribution in [2.24, 2.45) is 0 Å². The Balaban J connectivity index is 0.000000721. The van der Waals surface area contributed by atoms with Gasteiger partial charge < -0.3 is 5.11 Å². The molecule has 1 heterocycles. The quantitative estimate of drug-likeness (QED) is 0.0734. The molecule has 0 amide bonds. The molecule has 1 aromatic heterocycles. The SMILES string of the molecule is CC(=O)/C=C(/C)O.CC(C)(C)c1cc(-c2cc(-c3cc[c]([Ge]([CH3])([CH3])[CH3])cc3C(F)(F)F)c(F)cn2)[c-]c2ccccc12.[Ir]. The second kappa shape index (κ2) is 13.9. The Bertz CT molecular complexity index is 1650. The minimum atomic E-state index is -4.61. The van der Waals surface area contributed by atoms with Gasteiger partial charge in [0.05, 0.1) is 5.76 Å². The van der Waals surface area contributed by atoms with Gasteiger partial charge in [-0.3, -0.25) is 4.79 Å². The van der Waals surface area contributed by atoms with Crippen LogP contribution in [0.3, 0.4) is 0 Å². The maximum absolute atomic E-state index is 15.0. The number of carbonyl (C=O) groups excluding carboxylic acids is 1. The molecule has 231 valence electrons. The molecule has 0 atom stereocenters. The number of halogens is 4. The van der Waals surface area contributed by atoms with Crippen molar-refractivity contribution in [1.82, 2.24) is 4.98 Å². The Labute approximate surface area is 267 Å². The Morgan fingerprint density at radius 2 is 1.56 bits per heavy atom. The summed E-state index contributed by atoms with van der Waals surface area (Å²) in [5, 5.41) is 10.3. The second-order valence-electron chi connectivity index (χ2n) is 12.3. The van der Waals surface area contributed by atoms with Gasteiger partial charge in [-0.1, -0.05) is 6.07 Å². The van der Waals surface area contributed by atoms with E-state index in [9.17, 15) is 22.4 Å². The van der Waals surface area contributed by atoms with Crippen LogP contribution in [0, 0.1) is 11.9 Å². The van der Waals surface area contributed by atoms with Gasteiger partial charge in [-0.15, -0.1) is 0 Å². The number of nitrogens with zero attached hydrogens (tertiary/aromatic N) is 1. The van der Waals surface area contributed by atoms with Gasteiger partial charge in [-0.2, -0.15) is 0 Å². The number of aromatic nitrogens is 1. The molecule has 3 nitrogen and oxygen atoms in total. The molecule has 0 fully saturated rings. The van der Waals surface area contributed by atoms with Crippen molar-refractivity contribution in [1.29, 1.82) is 0 Å². The van der Waals surface area contributed by atoms with Gasteiger partial charge in [-0.25, -0.2) is 0 Å². The van der Waals surface area contributed by atoms with Crippen LogP contribution in [0.4, 0.5) is 17.6 Å². The molecule has 0 aliphatic carbocycles. The molecular formula is C34H36F4GeIrNO2-. The second-order valence-corrected chi connectivity index (χ2v) is 23.0. The molecule has 4 aromatic rings. The van der Waals surface area contributed by atoms with Crippen LogP contribution in [0.1, 0.15) is 45.7 Å². The summed E-state index contributed by atoms with van der Waals surface area (Å²) in [5.41, 5.74) is 0.758. The molecule has 0 aliphatic heterocycles. The van der Waals surface area contributed by atoms with Crippen molar-refractivity contribution in [2.75, 3.05) is 0 Å². The van der Waals surface area contributed by atoms with Gasteiger partial charge in [0.2, 0.25) is 0 Å². The van der Waals surface area contributed by atoms with E-state index in [0.717, 1.165) is 22.5 Å². The molecule has 4 rings (SSSR count). The topological polar surface area (TPSA) is 50.2 Å². The summed E-state index contributed by atoms with van der Waals surface area (Å²) in [4.78, 5) is 14.3. The van der Waals surface area contributed by atoms with E-state index >= 15 is 0 Å². The van der Waals surface area contributed by atoms with Crippen LogP contribution >= 0.6 is 0 Å². The summed E-state index contributed by atoms with van der Waals surface area (Å²) in [6, 6.07) is 18.8. The van der Waals surface area contributed by atoms with Gasteiger partial charge >= 0.3 is 201 Å². The minimum absolute atomic E-state index is 0. The number of ketones is 1. The fourth-order valence-electron chi connectivity index (χ4n) is 4.56. The fourth-order valence-corrected chi connectivity index (χ4v) is 6.99. The first-order valence-corrected chi connectivity index (χ1v) is 20.8. The Morgan fingerprint density at radius 3 is 2.07 bits per heavy atom. The van der Waals surface area contributed by atoms with E-state index in [1.807, 2.05) is 47.6 Å². The van der Waals surface area contributed by atoms with Crippen LogP contribution in [-0.4, -0.2) is 29.1 Å². The molecular weight excluding hydrogens is 795 g/mol. The van der Waals surface area contributed by atoms with Crippen molar-refractivity contribution in [3.63, 3.8) is 0 Å². The predicted octanol–water partition coefficient (Wildman–Crippen LogP) is 9.40. The van der Waals surface area contributed by atoms with E-state index in [0.29, 0.717) is 15.7 Å². The number of alkyl halides is 3. The van der Waals surface area contributed by atoms with Gasteiger partial charge in [0.15, 0.2) is 5.78 Å². The average molecular weight is 831 g/mol. The van der Waals surface area contributed by atoms with Crippen LogP contribution in [0.15, 0.2) is 72.6 Å². The standard InChI is InChI=1S/C29H28F4GeN.C5H8O2.Ir/c1-28(2,3)24-14-19(13-18-9-7-8-10-21(18)24)27-16-23(26(30)17-35-27)22-12-11-20(34(4,5)6)15-25(22)29(31,32)33;1-4(6)3-5(2)7;/h7-12,14-17H,1-6H3;3,6H,1-2H3;/q-1;;/b;4-3-;. The number of rotatable bonds is 4. The Hall–Kier alpha value is -2.81. The Kier molecular flexibility index (Phi) is 11.7.